The van der Waals surface area contributed by atoms with Gasteiger partial charge >= 0.3 is 6.18 Å². The minimum Gasteiger partial charge on any atom is -0.381 e. The predicted molar refractivity (Wildman–Crippen MR) is 143 cm³/mol. The fourth-order valence-electron chi connectivity index (χ4n) is 4.56. The largest absolute Gasteiger partial charge is 0.423 e. The van der Waals surface area contributed by atoms with Gasteiger partial charge in [0, 0.05) is 31.0 Å². The molecule has 1 saturated carbocycles. The van der Waals surface area contributed by atoms with Crippen molar-refractivity contribution in [2.75, 3.05) is 10.6 Å². The van der Waals surface area contributed by atoms with Gasteiger partial charge in [-0.05, 0) is 56.2 Å². The Kier molecular flexibility index (Phi) is 7.93. The highest BCUT2D eigenvalue weighted by Gasteiger charge is 2.37. The molecule has 3 N–H and O–H groups in total. The summed E-state index contributed by atoms with van der Waals surface area (Å²) in [4.78, 5) is 32.8. The van der Waals surface area contributed by atoms with Crippen LogP contribution in [0, 0.1) is 5.82 Å². The van der Waals surface area contributed by atoms with Gasteiger partial charge in [0.15, 0.2) is 5.82 Å². The number of rotatable bonds is 10. The second kappa shape index (κ2) is 11.4. The lowest BCUT2D eigenvalue weighted by Gasteiger charge is -2.18. The number of nitrogens with one attached hydrogen (secondary N) is 3. The van der Waals surface area contributed by atoms with Gasteiger partial charge in [-0.2, -0.15) is 18.3 Å². The van der Waals surface area contributed by atoms with Crippen molar-refractivity contribution < 1.29 is 26.3 Å². The molecule has 42 heavy (non-hydrogen) atoms. The van der Waals surface area contributed by atoms with E-state index in [1.807, 2.05) is 0 Å². The average molecular weight is 594 g/mol. The highest BCUT2D eigenvalue weighted by Crippen LogP contribution is 2.33. The maximum absolute atomic E-state index is 15.2. The van der Waals surface area contributed by atoms with Gasteiger partial charge in [0.25, 0.3) is 17.5 Å². The average Bonchev–Trinajstić information content (AvgIpc) is 3.73. The first-order chi connectivity index (χ1) is 19.9. The lowest BCUT2D eigenvalue weighted by atomic mass is 10.1. The Morgan fingerprint density at radius 2 is 1.93 bits per heavy atom. The molecule has 3 aromatic heterocycles. The van der Waals surface area contributed by atoms with Gasteiger partial charge < -0.3 is 15.2 Å². The van der Waals surface area contributed by atoms with Crippen molar-refractivity contribution >= 4 is 22.3 Å². The molecule has 0 spiro atoms. The van der Waals surface area contributed by atoms with Gasteiger partial charge in [-0.25, -0.2) is 28.2 Å². The van der Waals surface area contributed by atoms with E-state index < -0.39 is 46.8 Å². The first-order valence-electron chi connectivity index (χ1n) is 13.1. The molecular weight excluding hydrogens is 568 g/mol. The van der Waals surface area contributed by atoms with Crippen molar-refractivity contribution in [2.45, 2.75) is 63.8 Å². The molecule has 5 rings (SSSR count). The van der Waals surface area contributed by atoms with Crippen molar-refractivity contribution in [3.8, 4) is 11.4 Å². The van der Waals surface area contributed by atoms with Crippen LogP contribution >= 0.6 is 0 Å². The van der Waals surface area contributed by atoms with Crippen molar-refractivity contribution in [3.05, 3.63) is 74.4 Å². The van der Waals surface area contributed by atoms with E-state index in [-0.39, 0.29) is 40.7 Å². The maximum atomic E-state index is 15.2. The van der Waals surface area contributed by atoms with Crippen molar-refractivity contribution in [3.63, 3.8) is 0 Å². The molecule has 0 radical (unpaired) electrons. The number of fused-ring (bicyclic) bond motifs is 1. The van der Waals surface area contributed by atoms with E-state index in [1.165, 1.54) is 16.8 Å². The molecular formula is C27H25F6N7O2. The van der Waals surface area contributed by atoms with E-state index in [0.29, 0.717) is 18.2 Å². The molecule has 0 amide bonds. The minimum atomic E-state index is -4.87. The number of pyridine rings is 1. The number of hydrogen-bond donors (Lipinski definition) is 3. The molecule has 1 fully saturated rings. The highest BCUT2D eigenvalue weighted by molar-refractivity contribution is 5.86. The van der Waals surface area contributed by atoms with Crippen LogP contribution in [0.3, 0.4) is 0 Å². The summed E-state index contributed by atoms with van der Waals surface area (Å²) in [7, 11) is 0. The fraction of sp³-hybridized carbons (Fsp3) is 0.370. The number of nitrogens with zero attached hydrogens (tertiary/aromatic N) is 4. The quantitative estimate of drug-likeness (QED) is 0.208. The predicted octanol–water partition coefficient (Wildman–Crippen LogP) is 5.49. The van der Waals surface area contributed by atoms with E-state index in [4.69, 9.17) is 0 Å². The molecule has 222 valence electrons. The summed E-state index contributed by atoms with van der Waals surface area (Å²) in [6.45, 7) is 1.82. The zero-order valence-corrected chi connectivity index (χ0v) is 22.1. The van der Waals surface area contributed by atoms with Crippen molar-refractivity contribution in [1.29, 1.82) is 0 Å². The molecule has 0 bridgehead atoms. The lowest BCUT2D eigenvalue weighted by molar-refractivity contribution is -0.138. The summed E-state index contributed by atoms with van der Waals surface area (Å²) in [6.07, 6.45) is -1.97. The summed E-state index contributed by atoms with van der Waals surface area (Å²) >= 11 is 0. The van der Waals surface area contributed by atoms with E-state index >= 15 is 4.39 Å². The molecule has 0 aliphatic heterocycles. The third kappa shape index (κ3) is 6.24. The van der Waals surface area contributed by atoms with Gasteiger partial charge in [0.2, 0.25) is 0 Å². The molecule has 3 heterocycles. The van der Waals surface area contributed by atoms with Crippen LogP contribution in [0.1, 0.15) is 50.2 Å². The monoisotopic (exact) mass is 593 g/mol. The van der Waals surface area contributed by atoms with Gasteiger partial charge in [-0.1, -0.05) is 0 Å². The Morgan fingerprint density at radius 1 is 1.17 bits per heavy atom. The lowest BCUT2D eigenvalue weighted by Crippen LogP contribution is -2.27. The van der Waals surface area contributed by atoms with Crippen molar-refractivity contribution in [1.82, 2.24) is 24.7 Å². The first kappa shape index (κ1) is 29.1. The number of aromatic nitrogens is 5. The molecule has 0 saturated heterocycles. The van der Waals surface area contributed by atoms with Gasteiger partial charge in [-0.15, -0.1) is 0 Å². The highest BCUT2D eigenvalue weighted by atomic mass is 19.4. The second-order valence-corrected chi connectivity index (χ2v) is 10.1. The molecule has 1 aromatic carbocycles. The Labute approximate surface area is 234 Å². The third-order valence-electron chi connectivity index (χ3n) is 6.85. The molecule has 1 atom stereocenters. The molecule has 1 aliphatic rings. The van der Waals surface area contributed by atoms with Crippen LogP contribution in [0.4, 0.5) is 37.8 Å². The molecule has 1 aliphatic carbocycles. The summed E-state index contributed by atoms with van der Waals surface area (Å²) < 4.78 is 83.2. The van der Waals surface area contributed by atoms with E-state index in [9.17, 15) is 31.5 Å². The van der Waals surface area contributed by atoms with Gasteiger partial charge in [0.05, 0.1) is 28.4 Å². The molecule has 15 heteroatoms. The number of anilines is 2. The smallest absolute Gasteiger partial charge is 0.381 e. The third-order valence-corrected chi connectivity index (χ3v) is 6.85. The Hall–Kier alpha value is -4.43. The number of aryl methyl sites for hydroxylation is 1. The topological polar surface area (TPSA) is 118 Å². The van der Waals surface area contributed by atoms with Crippen LogP contribution in [0.25, 0.3) is 22.2 Å². The second-order valence-electron chi connectivity index (χ2n) is 10.1. The minimum absolute atomic E-state index is 0.0287. The summed E-state index contributed by atoms with van der Waals surface area (Å²) in [5.41, 5.74) is -4.09. The van der Waals surface area contributed by atoms with Gasteiger partial charge in [0.1, 0.15) is 17.2 Å². The number of halogens is 6. The van der Waals surface area contributed by atoms with Crippen LogP contribution in [-0.2, 0) is 12.7 Å². The summed E-state index contributed by atoms with van der Waals surface area (Å²) in [6, 6.07) is 3.55. The van der Waals surface area contributed by atoms with Crippen LogP contribution in [0.2, 0.25) is 0 Å². The van der Waals surface area contributed by atoms with Crippen LogP contribution in [0.15, 0.2) is 46.4 Å². The Morgan fingerprint density at radius 3 is 2.62 bits per heavy atom. The van der Waals surface area contributed by atoms with Crippen LogP contribution in [0.5, 0.6) is 0 Å². The van der Waals surface area contributed by atoms with Gasteiger partial charge in [-0.3, -0.25) is 9.59 Å². The zero-order chi connectivity index (χ0) is 30.2. The molecule has 0 unspecified atom stereocenters. The van der Waals surface area contributed by atoms with Crippen LogP contribution < -0.4 is 21.8 Å². The van der Waals surface area contributed by atoms with Crippen molar-refractivity contribution in [2.24, 2.45) is 0 Å². The van der Waals surface area contributed by atoms with E-state index in [2.05, 4.69) is 25.7 Å². The molecule has 4 aromatic rings. The zero-order valence-electron chi connectivity index (χ0n) is 22.1. The summed E-state index contributed by atoms with van der Waals surface area (Å²) in [5, 5.41) is 11.2. The first-order valence-corrected chi connectivity index (χ1v) is 13.1. The normalized spacial score (nSPS) is 14.4. The number of H-pyrrole nitrogens is 1. The molecule has 9 nitrogen and oxygen atoms in total. The Balaban J connectivity index is 1.31. The Bertz CT molecular complexity index is 1730. The maximum Gasteiger partial charge on any atom is 0.423 e. The van der Waals surface area contributed by atoms with E-state index in [1.54, 1.807) is 18.1 Å². The number of aromatic amines is 1. The van der Waals surface area contributed by atoms with E-state index in [0.717, 1.165) is 31.3 Å². The number of alkyl halides is 5. The fourth-order valence-corrected chi connectivity index (χ4v) is 4.56. The summed E-state index contributed by atoms with van der Waals surface area (Å²) in [5.74, 6) is -0.956. The SMILES string of the molecule is C[C@@H](CCCn1ccc2cc(-c3ncc(C(F)F)c(NC4CC4)n3)c(F)cc2c1=O)Nc1cn[nH]c(=O)c1C(F)(F)F. The standard InChI is InChI=1S/C27H25F6N7O2/c1-13(36-20-12-35-39-25(41)21(20)27(31,32)33)3-2-7-40-8-6-14-9-17(19(28)10-16(14)26(40)42)23-34-11-18(22(29)30)24(38-23)37-15-4-5-15/h6,8-13,15,22H,2-5,7H2,1H3,(H,34,37,38)(H2,36,39,41)/t13-/m0/s1. The van der Waals surface area contributed by atoms with Crippen LogP contribution in [-0.4, -0.2) is 36.8 Å². The number of hydrogen-bond acceptors (Lipinski definition) is 7. The number of benzene rings is 1.